The van der Waals surface area contributed by atoms with Crippen molar-refractivity contribution in [3.63, 3.8) is 0 Å². The molecule has 0 atom stereocenters. The van der Waals surface area contributed by atoms with Crippen molar-refractivity contribution in [1.29, 1.82) is 0 Å². The van der Waals surface area contributed by atoms with E-state index in [2.05, 4.69) is 0 Å². The molecule has 0 aliphatic carbocycles. The van der Waals surface area contributed by atoms with E-state index in [-0.39, 0.29) is 75.6 Å². The molecule has 0 aromatic rings. The zero-order valence-electron chi connectivity index (χ0n) is 13.0. The van der Waals surface area contributed by atoms with Gasteiger partial charge in [-0.1, -0.05) is 0 Å². The second kappa shape index (κ2) is 30.2. The van der Waals surface area contributed by atoms with E-state index in [1.807, 2.05) is 0 Å². The van der Waals surface area contributed by atoms with Crippen molar-refractivity contribution >= 4 is 23.9 Å². The van der Waals surface area contributed by atoms with Crippen molar-refractivity contribution in [3.05, 3.63) is 0 Å². The van der Waals surface area contributed by atoms with Crippen LogP contribution in [0.1, 0.15) is 25.7 Å². The molecule has 0 amide bonds. The second-order valence-electron chi connectivity index (χ2n) is 3.07. The number of hydrogen-bond acceptors (Lipinski definition) is 10. The van der Waals surface area contributed by atoms with Crippen LogP contribution in [-0.4, -0.2) is 37.0 Å². The molecule has 0 aliphatic rings. The van der Waals surface area contributed by atoms with Crippen molar-refractivity contribution in [1.82, 2.24) is 0 Å². The fourth-order valence-electron chi connectivity index (χ4n) is 0.408. The Morgan fingerprint density at radius 2 is 0.696 bits per heavy atom. The van der Waals surface area contributed by atoms with E-state index >= 15 is 0 Å². The first-order valence-corrected chi connectivity index (χ1v) is 5.36. The molecule has 0 heterocycles. The van der Waals surface area contributed by atoms with Gasteiger partial charge >= 0.3 is 75.6 Å². The molecule has 0 aromatic carbocycles. The summed E-state index contributed by atoms with van der Waals surface area (Å²) in [6.45, 7) is 1.19. The van der Waals surface area contributed by atoms with Crippen molar-refractivity contribution in [2.75, 3.05) is 13.1 Å². The number of hydrogen-bond donors (Lipinski definition) is 2. The molecule has 126 valence electrons. The monoisotopic (exact) mass is 396 g/mol. The average molecular weight is 397 g/mol. The molecule has 0 unspecified atom stereocenters. The summed E-state index contributed by atoms with van der Waals surface area (Å²) in [5, 5.41) is 38.0. The molecule has 0 radical (unpaired) electrons. The summed E-state index contributed by atoms with van der Waals surface area (Å²) in [6.07, 6.45) is -1.88. The third-order valence-electron chi connectivity index (χ3n) is 1.23. The third-order valence-corrected chi connectivity index (χ3v) is 1.23. The van der Waals surface area contributed by atoms with Crippen molar-refractivity contribution < 1.29 is 115 Å². The summed E-state index contributed by atoms with van der Waals surface area (Å²) in [5.74, 6) is -5.47. The van der Waals surface area contributed by atoms with E-state index in [0.717, 1.165) is 0 Å². The Hall–Kier alpha value is 0.294. The van der Waals surface area contributed by atoms with Gasteiger partial charge < -0.3 is 51.1 Å². The summed E-state index contributed by atoms with van der Waals surface area (Å²) < 4.78 is 0. The number of carbonyl (C=O) groups excluding carboxylic acids is 4. The maximum atomic E-state index is 9.50. The largest absolute Gasteiger partial charge is 2.00 e. The van der Waals surface area contributed by atoms with Crippen molar-refractivity contribution in [2.45, 2.75) is 25.7 Å². The third kappa shape index (κ3) is 72.0. The van der Waals surface area contributed by atoms with Crippen molar-refractivity contribution in [3.8, 4) is 0 Å². The zero-order chi connectivity index (χ0) is 16.6. The Morgan fingerprint density at radius 1 is 0.565 bits per heavy atom. The van der Waals surface area contributed by atoms with E-state index in [0.29, 0.717) is 13.1 Å². The predicted molar refractivity (Wildman–Crippen MR) is 56.6 cm³/mol. The smallest absolute Gasteiger partial charge is 0.550 e. The Kier molecular flexibility index (Phi) is 50.8. The average Bonchev–Trinajstić information content (AvgIpc) is 2.35. The maximum absolute atomic E-state index is 9.50. The molecule has 0 bridgehead atoms. The van der Waals surface area contributed by atoms with E-state index in [4.69, 9.17) is 11.5 Å². The molecule has 0 saturated carbocycles. The maximum Gasteiger partial charge on any atom is 2.00 e. The van der Waals surface area contributed by atoms with E-state index in [1.165, 1.54) is 0 Å². The van der Waals surface area contributed by atoms with Gasteiger partial charge in [-0.25, -0.2) is 0 Å². The summed E-state index contributed by atoms with van der Waals surface area (Å²) in [5.41, 5.74) is 9.81. The second-order valence-corrected chi connectivity index (χ2v) is 3.07. The van der Waals surface area contributed by atoms with Gasteiger partial charge in [-0.3, -0.25) is 0 Å². The molecule has 10 nitrogen and oxygen atoms in total. The number of carbonyl (C=O) groups is 4. The van der Waals surface area contributed by atoms with Crippen LogP contribution in [0.5, 0.6) is 0 Å². The molecule has 0 spiro atoms. The first-order chi connectivity index (χ1) is 9.17. The normalized spacial score (nSPS) is 7.22. The number of carboxylic acids is 4. The van der Waals surface area contributed by atoms with Crippen LogP contribution in [0.15, 0.2) is 0 Å². The van der Waals surface area contributed by atoms with Crippen LogP contribution in [0.4, 0.5) is 0 Å². The van der Waals surface area contributed by atoms with Gasteiger partial charge in [0.1, 0.15) is 0 Å². The molecule has 0 aromatic heterocycles. The van der Waals surface area contributed by atoms with Gasteiger partial charge in [0.05, 0.1) is 0 Å². The quantitative estimate of drug-likeness (QED) is 0.387. The zero-order valence-corrected chi connectivity index (χ0v) is 18.0. The van der Waals surface area contributed by atoms with Crippen LogP contribution in [0.25, 0.3) is 0 Å². The van der Waals surface area contributed by atoms with Crippen molar-refractivity contribution in [2.24, 2.45) is 11.5 Å². The Morgan fingerprint density at radius 3 is 0.739 bits per heavy atom. The molecular formula is C10H16N2Na2NiO8. The van der Waals surface area contributed by atoms with Crippen LogP contribution in [0.2, 0.25) is 0 Å². The van der Waals surface area contributed by atoms with Gasteiger partial charge in [-0.05, 0) is 25.7 Å². The SMILES string of the molecule is NCCN.O=C([O-])CCC(=O)[O-].O=C([O-])CCC(=O)[O-].[Na+].[Na+].[Ni+2]. The minimum Gasteiger partial charge on any atom is -0.550 e. The molecule has 0 fully saturated rings. The van der Waals surface area contributed by atoms with Crippen LogP contribution in [-0.2, 0) is 35.7 Å². The molecule has 0 aliphatic heterocycles. The van der Waals surface area contributed by atoms with E-state index in [9.17, 15) is 39.6 Å². The summed E-state index contributed by atoms with van der Waals surface area (Å²) >= 11 is 0. The van der Waals surface area contributed by atoms with Gasteiger partial charge in [-0.2, -0.15) is 0 Å². The summed E-state index contributed by atoms with van der Waals surface area (Å²) in [7, 11) is 0. The standard InChI is InChI=1S/2C4H6O4.C2H8N2.2Na.Ni/c2*5-3(6)1-2-4(7)8;3-1-2-4;;;/h2*1-2H2,(H,5,6)(H,7,8);1-4H2;;;/q;;;2*+1;+2/p-4. The first-order valence-electron chi connectivity index (χ1n) is 5.36. The number of carboxylic acid groups (broad SMARTS) is 4. The van der Waals surface area contributed by atoms with Crippen LogP contribution >= 0.6 is 0 Å². The van der Waals surface area contributed by atoms with Crippen LogP contribution < -0.4 is 91.0 Å². The number of aliphatic carboxylic acids is 4. The summed E-state index contributed by atoms with van der Waals surface area (Å²) in [6, 6.07) is 0. The molecule has 4 N–H and O–H groups in total. The van der Waals surface area contributed by atoms with Gasteiger partial charge in [0.2, 0.25) is 0 Å². The van der Waals surface area contributed by atoms with E-state index < -0.39 is 49.6 Å². The van der Waals surface area contributed by atoms with Gasteiger partial charge in [-0.15, -0.1) is 0 Å². The number of rotatable bonds is 7. The van der Waals surface area contributed by atoms with Gasteiger partial charge in [0, 0.05) is 37.0 Å². The summed E-state index contributed by atoms with van der Waals surface area (Å²) in [4.78, 5) is 38.0. The predicted octanol–water partition coefficient (Wildman–Crippen LogP) is -12.6. The number of nitrogens with two attached hydrogens (primary N) is 2. The minimum atomic E-state index is -1.37. The Labute approximate surface area is 187 Å². The van der Waals surface area contributed by atoms with E-state index in [1.54, 1.807) is 0 Å². The van der Waals surface area contributed by atoms with Gasteiger partial charge in [0.15, 0.2) is 0 Å². The molecule has 0 saturated heterocycles. The fourth-order valence-corrected chi connectivity index (χ4v) is 0.408. The van der Waals surface area contributed by atoms with Crippen LogP contribution in [0.3, 0.4) is 0 Å². The minimum absolute atomic E-state index is 0. The molecule has 13 heteroatoms. The fraction of sp³-hybridized carbons (Fsp3) is 0.600. The van der Waals surface area contributed by atoms with Crippen LogP contribution in [0, 0.1) is 0 Å². The first kappa shape index (κ1) is 38.7. The molecule has 0 rings (SSSR count). The topological polar surface area (TPSA) is 213 Å². The Bertz CT molecular complexity index is 263. The Balaban J connectivity index is -0.0000000464. The van der Waals surface area contributed by atoms with Gasteiger partial charge in [0.25, 0.3) is 0 Å². The molecular weight excluding hydrogens is 381 g/mol. The molecule has 23 heavy (non-hydrogen) atoms.